The molecule has 1 fully saturated rings. The fourth-order valence-corrected chi connectivity index (χ4v) is 5.75. The molecule has 2 aliphatic rings. The first-order valence-electron chi connectivity index (χ1n) is 11.3. The van der Waals surface area contributed by atoms with Crippen LogP contribution in [0.2, 0.25) is 0 Å². The number of hydrogen-bond donors (Lipinski definition) is 1. The summed E-state index contributed by atoms with van der Waals surface area (Å²) in [5, 5.41) is 14.8. The lowest BCUT2D eigenvalue weighted by Gasteiger charge is -2.23. The highest BCUT2D eigenvalue weighted by molar-refractivity contribution is 6.00. The Kier molecular flexibility index (Phi) is 4.35. The number of benzene rings is 4. The molecule has 2 bridgehead atoms. The van der Waals surface area contributed by atoms with Gasteiger partial charge < -0.3 is 14.6 Å². The highest BCUT2D eigenvalue weighted by Gasteiger charge is 2.43. The standard InChI is InChI=1S/C28H24O4/c1-2-16-8-5-9-22-23(16)27(25-20-11-10-19(14-20)24(25)26(22)29)32-28(30)31-21-13-12-17-6-3-4-7-18(17)15-21/h3-9,12-13,15,19-20,29H,2,10-11,14H2,1H3. The van der Waals surface area contributed by atoms with Crippen LogP contribution in [-0.2, 0) is 6.42 Å². The summed E-state index contributed by atoms with van der Waals surface area (Å²) in [5.41, 5.74) is 3.02. The Labute approximate surface area is 186 Å². The van der Waals surface area contributed by atoms with Crippen molar-refractivity contribution >= 4 is 27.7 Å². The van der Waals surface area contributed by atoms with Crippen molar-refractivity contribution in [3.05, 3.63) is 77.4 Å². The lowest BCUT2D eigenvalue weighted by molar-refractivity contribution is 0.152. The summed E-state index contributed by atoms with van der Waals surface area (Å²) in [6, 6.07) is 19.4. The molecule has 4 nitrogen and oxygen atoms in total. The molecule has 32 heavy (non-hydrogen) atoms. The zero-order chi connectivity index (χ0) is 21.8. The maximum atomic E-state index is 12.9. The van der Waals surface area contributed by atoms with Crippen LogP contribution in [-0.4, -0.2) is 11.3 Å². The molecule has 1 N–H and O–H groups in total. The van der Waals surface area contributed by atoms with E-state index in [1.807, 2.05) is 54.6 Å². The Balaban J connectivity index is 1.43. The molecular formula is C28H24O4. The molecule has 1 saturated carbocycles. The second-order valence-corrected chi connectivity index (χ2v) is 8.87. The minimum Gasteiger partial charge on any atom is -0.507 e. The van der Waals surface area contributed by atoms with Crippen molar-refractivity contribution in [2.24, 2.45) is 0 Å². The quantitative estimate of drug-likeness (QED) is 0.279. The molecule has 0 spiro atoms. The monoisotopic (exact) mass is 424 g/mol. The van der Waals surface area contributed by atoms with E-state index in [2.05, 4.69) is 6.92 Å². The van der Waals surface area contributed by atoms with Crippen molar-refractivity contribution in [1.29, 1.82) is 0 Å². The molecule has 0 heterocycles. The molecule has 2 atom stereocenters. The lowest BCUT2D eigenvalue weighted by Crippen LogP contribution is -2.16. The second-order valence-electron chi connectivity index (χ2n) is 8.87. The molecule has 4 heteroatoms. The van der Waals surface area contributed by atoms with Crippen molar-refractivity contribution in [1.82, 2.24) is 0 Å². The Bertz CT molecular complexity index is 1390. The third-order valence-electron chi connectivity index (χ3n) is 7.16. The van der Waals surface area contributed by atoms with E-state index >= 15 is 0 Å². The first-order valence-corrected chi connectivity index (χ1v) is 11.3. The molecule has 2 aliphatic carbocycles. The number of hydrogen-bond acceptors (Lipinski definition) is 4. The van der Waals surface area contributed by atoms with Gasteiger partial charge in [0.15, 0.2) is 0 Å². The molecule has 4 aromatic carbocycles. The highest BCUT2D eigenvalue weighted by atomic mass is 16.7. The molecule has 0 aliphatic heterocycles. The fourth-order valence-electron chi connectivity index (χ4n) is 5.75. The summed E-state index contributed by atoms with van der Waals surface area (Å²) in [7, 11) is 0. The summed E-state index contributed by atoms with van der Waals surface area (Å²) in [6.07, 6.45) is 3.18. The number of fused-ring (bicyclic) bond motifs is 7. The summed E-state index contributed by atoms with van der Waals surface area (Å²) in [4.78, 5) is 12.9. The molecule has 0 aromatic heterocycles. The van der Waals surface area contributed by atoms with Gasteiger partial charge in [-0.15, -0.1) is 0 Å². The van der Waals surface area contributed by atoms with Gasteiger partial charge in [0.2, 0.25) is 0 Å². The van der Waals surface area contributed by atoms with Gasteiger partial charge in [-0.1, -0.05) is 55.5 Å². The minimum atomic E-state index is -0.747. The van der Waals surface area contributed by atoms with Crippen LogP contribution in [0.4, 0.5) is 4.79 Å². The maximum absolute atomic E-state index is 12.9. The predicted molar refractivity (Wildman–Crippen MR) is 125 cm³/mol. The molecule has 6 rings (SSSR count). The van der Waals surface area contributed by atoms with Crippen molar-refractivity contribution in [2.75, 3.05) is 0 Å². The van der Waals surface area contributed by atoms with Crippen LogP contribution in [0.15, 0.2) is 60.7 Å². The number of aromatic hydroxyl groups is 1. The largest absolute Gasteiger partial charge is 0.519 e. The Hall–Kier alpha value is -3.53. The summed E-state index contributed by atoms with van der Waals surface area (Å²) >= 11 is 0. The number of phenols is 1. The van der Waals surface area contributed by atoms with Crippen LogP contribution < -0.4 is 9.47 Å². The Morgan fingerprint density at radius 1 is 0.938 bits per heavy atom. The van der Waals surface area contributed by atoms with Gasteiger partial charge in [0.05, 0.1) is 0 Å². The van der Waals surface area contributed by atoms with Crippen molar-refractivity contribution in [3.63, 3.8) is 0 Å². The zero-order valence-corrected chi connectivity index (χ0v) is 17.9. The fraction of sp³-hybridized carbons (Fsp3) is 0.250. The third kappa shape index (κ3) is 2.86. The van der Waals surface area contributed by atoms with Gasteiger partial charge in [-0.3, -0.25) is 0 Å². The van der Waals surface area contributed by atoms with Gasteiger partial charge in [0.1, 0.15) is 17.2 Å². The van der Waals surface area contributed by atoms with Crippen LogP contribution >= 0.6 is 0 Å². The van der Waals surface area contributed by atoms with E-state index in [0.717, 1.165) is 63.9 Å². The van der Waals surface area contributed by atoms with E-state index in [-0.39, 0.29) is 0 Å². The van der Waals surface area contributed by atoms with Crippen LogP contribution in [0.3, 0.4) is 0 Å². The maximum Gasteiger partial charge on any atom is 0.519 e. The second kappa shape index (κ2) is 7.27. The van der Waals surface area contributed by atoms with Gasteiger partial charge in [0, 0.05) is 21.9 Å². The molecule has 0 radical (unpaired) electrons. The minimum absolute atomic E-state index is 0.318. The number of carbonyl (C=O) groups is 1. The van der Waals surface area contributed by atoms with Crippen LogP contribution in [0, 0.1) is 0 Å². The number of ether oxygens (including phenoxy) is 2. The topological polar surface area (TPSA) is 55.8 Å². The van der Waals surface area contributed by atoms with E-state index in [4.69, 9.17) is 9.47 Å². The molecule has 160 valence electrons. The normalized spacial score (nSPS) is 18.8. The van der Waals surface area contributed by atoms with Crippen LogP contribution in [0.25, 0.3) is 21.5 Å². The van der Waals surface area contributed by atoms with Gasteiger partial charge in [-0.2, -0.15) is 0 Å². The van der Waals surface area contributed by atoms with E-state index in [0.29, 0.717) is 29.1 Å². The molecule has 4 aromatic rings. The zero-order valence-electron chi connectivity index (χ0n) is 17.9. The lowest BCUT2D eigenvalue weighted by atomic mass is 9.86. The average molecular weight is 424 g/mol. The third-order valence-corrected chi connectivity index (χ3v) is 7.16. The number of rotatable bonds is 3. The Morgan fingerprint density at radius 2 is 1.72 bits per heavy atom. The average Bonchev–Trinajstić information content (AvgIpc) is 3.43. The van der Waals surface area contributed by atoms with Gasteiger partial charge in [-0.05, 0) is 66.0 Å². The first kappa shape index (κ1) is 19.2. The number of carbonyl (C=O) groups excluding carboxylic acids is 1. The smallest absolute Gasteiger partial charge is 0.507 e. The SMILES string of the molecule is CCc1cccc2c(O)c3c(c(OC(=O)Oc4ccc5ccccc5c4)c12)C1CCC3C1. The summed E-state index contributed by atoms with van der Waals surface area (Å²) in [6.45, 7) is 2.07. The molecule has 2 unspecified atom stereocenters. The van der Waals surface area contributed by atoms with E-state index in [1.54, 1.807) is 6.07 Å². The van der Waals surface area contributed by atoms with Crippen molar-refractivity contribution < 1.29 is 19.4 Å². The number of aryl methyl sites for hydroxylation is 1. The van der Waals surface area contributed by atoms with Gasteiger partial charge >= 0.3 is 6.16 Å². The van der Waals surface area contributed by atoms with E-state index < -0.39 is 6.16 Å². The summed E-state index contributed by atoms with van der Waals surface area (Å²) in [5.74, 6) is 2.03. The van der Waals surface area contributed by atoms with Gasteiger partial charge in [0.25, 0.3) is 0 Å². The number of phenolic OH excluding ortho intramolecular Hbond substituents is 1. The van der Waals surface area contributed by atoms with Gasteiger partial charge in [-0.25, -0.2) is 4.79 Å². The highest BCUT2D eigenvalue weighted by Crippen LogP contribution is 2.61. The molecule has 0 saturated heterocycles. The molecule has 0 amide bonds. The van der Waals surface area contributed by atoms with Crippen molar-refractivity contribution in [2.45, 2.75) is 44.4 Å². The van der Waals surface area contributed by atoms with E-state index in [9.17, 15) is 9.90 Å². The predicted octanol–water partition coefficient (Wildman–Crippen LogP) is 7.20. The molecular weight excluding hydrogens is 400 g/mol. The summed E-state index contributed by atoms with van der Waals surface area (Å²) < 4.78 is 11.6. The Morgan fingerprint density at radius 3 is 2.53 bits per heavy atom. The van der Waals surface area contributed by atoms with Crippen LogP contribution in [0.1, 0.15) is 54.7 Å². The van der Waals surface area contributed by atoms with Crippen molar-refractivity contribution in [3.8, 4) is 17.2 Å². The van der Waals surface area contributed by atoms with E-state index in [1.165, 1.54) is 0 Å². The first-order chi connectivity index (χ1) is 15.6. The van der Waals surface area contributed by atoms with Crippen LogP contribution in [0.5, 0.6) is 17.2 Å².